The van der Waals surface area contributed by atoms with Crippen LogP contribution in [0.15, 0.2) is 35.7 Å². The SMILES string of the molecule is CC(C)Nc1nc(NCc2ccc(C(F)(F)F)cc2)c2sccc2n1. The number of fused-ring (bicyclic) bond motifs is 1. The molecule has 0 aliphatic rings. The molecule has 0 bridgehead atoms. The lowest BCUT2D eigenvalue weighted by Crippen LogP contribution is -2.13. The zero-order valence-electron chi connectivity index (χ0n) is 13.7. The smallest absolute Gasteiger partial charge is 0.365 e. The largest absolute Gasteiger partial charge is 0.416 e. The molecule has 0 unspecified atom stereocenters. The van der Waals surface area contributed by atoms with E-state index in [-0.39, 0.29) is 6.04 Å². The molecule has 0 saturated heterocycles. The Morgan fingerprint density at radius 3 is 2.44 bits per heavy atom. The number of hydrogen-bond donors (Lipinski definition) is 2. The summed E-state index contributed by atoms with van der Waals surface area (Å²) in [6, 6.07) is 7.22. The van der Waals surface area contributed by atoms with E-state index in [0.29, 0.717) is 18.3 Å². The van der Waals surface area contributed by atoms with Crippen LogP contribution >= 0.6 is 11.3 Å². The van der Waals surface area contributed by atoms with Crippen molar-refractivity contribution in [3.63, 3.8) is 0 Å². The minimum Gasteiger partial charge on any atom is -0.365 e. The molecule has 3 rings (SSSR count). The summed E-state index contributed by atoms with van der Waals surface area (Å²) >= 11 is 1.52. The van der Waals surface area contributed by atoms with Gasteiger partial charge in [0.25, 0.3) is 0 Å². The van der Waals surface area contributed by atoms with E-state index in [0.717, 1.165) is 27.9 Å². The molecule has 0 amide bonds. The highest BCUT2D eigenvalue weighted by molar-refractivity contribution is 7.17. The number of thiophene rings is 1. The summed E-state index contributed by atoms with van der Waals surface area (Å²) in [5.74, 6) is 1.19. The molecular formula is C17H17F3N4S. The summed E-state index contributed by atoms with van der Waals surface area (Å²) in [5, 5.41) is 8.30. The van der Waals surface area contributed by atoms with Crippen molar-refractivity contribution in [2.24, 2.45) is 0 Å². The van der Waals surface area contributed by atoms with E-state index in [1.807, 2.05) is 25.3 Å². The number of anilines is 2. The predicted molar refractivity (Wildman–Crippen MR) is 94.9 cm³/mol. The average Bonchev–Trinajstić information content (AvgIpc) is 3.00. The Kier molecular flexibility index (Phi) is 4.80. The lowest BCUT2D eigenvalue weighted by molar-refractivity contribution is -0.137. The first kappa shape index (κ1) is 17.5. The van der Waals surface area contributed by atoms with Crippen molar-refractivity contribution < 1.29 is 13.2 Å². The topological polar surface area (TPSA) is 49.8 Å². The highest BCUT2D eigenvalue weighted by Gasteiger charge is 2.29. The van der Waals surface area contributed by atoms with Gasteiger partial charge in [-0.15, -0.1) is 11.3 Å². The van der Waals surface area contributed by atoms with Crippen LogP contribution in [0.1, 0.15) is 25.0 Å². The molecule has 1 aromatic carbocycles. The second-order valence-corrected chi connectivity index (χ2v) is 6.79. The minimum absolute atomic E-state index is 0.193. The third-order valence-corrected chi connectivity index (χ3v) is 4.37. The van der Waals surface area contributed by atoms with Crippen molar-refractivity contribution in [3.05, 3.63) is 46.8 Å². The molecule has 25 heavy (non-hydrogen) atoms. The van der Waals surface area contributed by atoms with Crippen LogP contribution in [0.5, 0.6) is 0 Å². The molecule has 2 N–H and O–H groups in total. The first-order chi connectivity index (χ1) is 11.8. The molecule has 0 saturated carbocycles. The Morgan fingerprint density at radius 2 is 1.80 bits per heavy atom. The van der Waals surface area contributed by atoms with E-state index < -0.39 is 11.7 Å². The molecule has 0 aliphatic carbocycles. The molecule has 4 nitrogen and oxygen atoms in total. The van der Waals surface area contributed by atoms with Crippen LogP contribution in [-0.2, 0) is 12.7 Å². The first-order valence-corrected chi connectivity index (χ1v) is 8.62. The fraction of sp³-hybridized carbons (Fsp3) is 0.294. The van der Waals surface area contributed by atoms with Gasteiger partial charge in [-0.05, 0) is 43.0 Å². The lowest BCUT2D eigenvalue weighted by atomic mass is 10.1. The van der Waals surface area contributed by atoms with Crippen LogP contribution in [0.25, 0.3) is 10.2 Å². The molecular weight excluding hydrogens is 349 g/mol. The Balaban J connectivity index is 1.79. The van der Waals surface area contributed by atoms with Crippen molar-refractivity contribution in [3.8, 4) is 0 Å². The average molecular weight is 366 g/mol. The number of nitrogens with zero attached hydrogens (tertiary/aromatic N) is 2. The molecule has 8 heteroatoms. The number of halogens is 3. The summed E-state index contributed by atoms with van der Waals surface area (Å²) in [6.45, 7) is 4.37. The second-order valence-electron chi connectivity index (χ2n) is 5.88. The normalized spacial score (nSPS) is 11.9. The maximum atomic E-state index is 12.6. The molecule has 132 valence electrons. The van der Waals surface area contributed by atoms with Gasteiger partial charge in [-0.2, -0.15) is 18.2 Å². The zero-order chi connectivity index (χ0) is 18.0. The highest BCUT2D eigenvalue weighted by atomic mass is 32.1. The van der Waals surface area contributed by atoms with Gasteiger partial charge < -0.3 is 10.6 Å². The third-order valence-electron chi connectivity index (χ3n) is 3.46. The quantitative estimate of drug-likeness (QED) is 0.656. The van der Waals surface area contributed by atoms with Gasteiger partial charge in [0.1, 0.15) is 5.82 Å². The molecule has 0 radical (unpaired) electrons. The molecule has 0 aliphatic heterocycles. The van der Waals surface area contributed by atoms with E-state index >= 15 is 0 Å². The molecule has 0 fully saturated rings. The second kappa shape index (κ2) is 6.87. The number of aromatic nitrogens is 2. The summed E-state index contributed by atoms with van der Waals surface area (Å²) in [6.07, 6.45) is -4.32. The van der Waals surface area contributed by atoms with E-state index in [1.165, 1.54) is 23.5 Å². The number of hydrogen-bond acceptors (Lipinski definition) is 5. The van der Waals surface area contributed by atoms with Crippen molar-refractivity contribution >= 4 is 33.3 Å². The summed E-state index contributed by atoms with van der Waals surface area (Å²) in [5.41, 5.74) is 0.926. The number of benzene rings is 1. The zero-order valence-corrected chi connectivity index (χ0v) is 14.5. The minimum atomic E-state index is -4.32. The monoisotopic (exact) mass is 366 g/mol. The standard InChI is InChI=1S/C17H17F3N4S/c1-10(2)22-16-23-13-7-8-25-14(13)15(24-16)21-9-11-3-5-12(6-4-11)17(18,19)20/h3-8,10H,9H2,1-2H3,(H2,21,22,23,24). The van der Waals surface area contributed by atoms with Gasteiger partial charge in [-0.1, -0.05) is 12.1 Å². The molecule has 0 atom stereocenters. The molecule has 3 aromatic rings. The van der Waals surface area contributed by atoms with Gasteiger partial charge >= 0.3 is 6.18 Å². The summed E-state index contributed by atoms with van der Waals surface area (Å²) < 4.78 is 38.8. The van der Waals surface area contributed by atoms with Crippen LogP contribution < -0.4 is 10.6 Å². The van der Waals surface area contributed by atoms with E-state index in [4.69, 9.17) is 0 Å². The third kappa shape index (κ3) is 4.19. The summed E-state index contributed by atoms with van der Waals surface area (Å²) in [4.78, 5) is 8.94. The summed E-state index contributed by atoms with van der Waals surface area (Å²) in [7, 11) is 0. The maximum Gasteiger partial charge on any atom is 0.416 e. The Hall–Kier alpha value is -2.35. The first-order valence-electron chi connectivity index (χ1n) is 7.75. The van der Waals surface area contributed by atoms with E-state index in [9.17, 15) is 13.2 Å². The van der Waals surface area contributed by atoms with Gasteiger partial charge in [0.15, 0.2) is 0 Å². The molecule has 2 aromatic heterocycles. The fourth-order valence-corrected chi connectivity index (χ4v) is 3.10. The van der Waals surface area contributed by atoms with E-state index in [2.05, 4.69) is 20.6 Å². The van der Waals surface area contributed by atoms with Crippen LogP contribution in [0.2, 0.25) is 0 Å². The van der Waals surface area contributed by atoms with Crippen molar-refractivity contribution in [1.82, 2.24) is 9.97 Å². The molecule has 0 spiro atoms. The maximum absolute atomic E-state index is 12.6. The van der Waals surface area contributed by atoms with Gasteiger partial charge in [0.05, 0.1) is 15.8 Å². The number of rotatable bonds is 5. The van der Waals surface area contributed by atoms with Crippen LogP contribution in [0.4, 0.5) is 24.9 Å². The fourth-order valence-electron chi connectivity index (χ4n) is 2.30. The van der Waals surface area contributed by atoms with Crippen LogP contribution in [-0.4, -0.2) is 16.0 Å². The Bertz CT molecular complexity index is 856. The number of alkyl halides is 3. The van der Waals surface area contributed by atoms with Crippen LogP contribution in [0, 0.1) is 0 Å². The lowest BCUT2D eigenvalue weighted by Gasteiger charge is -2.12. The number of nitrogens with one attached hydrogen (secondary N) is 2. The van der Waals surface area contributed by atoms with Gasteiger partial charge in [-0.3, -0.25) is 0 Å². The van der Waals surface area contributed by atoms with Crippen molar-refractivity contribution in [2.45, 2.75) is 32.6 Å². The highest BCUT2D eigenvalue weighted by Crippen LogP contribution is 2.30. The Labute approximate surface area is 147 Å². The van der Waals surface area contributed by atoms with Gasteiger partial charge in [0.2, 0.25) is 5.95 Å². The predicted octanol–water partition coefficient (Wildman–Crippen LogP) is 5.14. The van der Waals surface area contributed by atoms with Crippen LogP contribution in [0.3, 0.4) is 0 Å². The van der Waals surface area contributed by atoms with E-state index in [1.54, 1.807) is 0 Å². The van der Waals surface area contributed by atoms with Gasteiger partial charge in [-0.25, -0.2) is 4.98 Å². The molecule has 2 heterocycles. The van der Waals surface area contributed by atoms with Crippen molar-refractivity contribution in [1.29, 1.82) is 0 Å². The van der Waals surface area contributed by atoms with Gasteiger partial charge in [0, 0.05) is 12.6 Å². The van der Waals surface area contributed by atoms with Crippen molar-refractivity contribution in [2.75, 3.05) is 10.6 Å². The Morgan fingerprint density at radius 1 is 1.08 bits per heavy atom.